The van der Waals surface area contributed by atoms with Gasteiger partial charge in [-0.05, 0) is 32.0 Å². The Morgan fingerprint density at radius 1 is 1.53 bits per heavy atom. The highest BCUT2D eigenvalue weighted by atomic mass is 79.9. The standard InChI is InChI=1S/C12H16BrNO3/c1-12(2,11(15)16)7-14-9-6-8(13)4-5-10(9)17-3/h4-6,14H,7H2,1-3H3,(H,15,16). The van der Waals surface area contributed by atoms with E-state index in [1.54, 1.807) is 21.0 Å². The number of nitrogens with one attached hydrogen (secondary N) is 1. The highest BCUT2D eigenvalue weighted by Gasteiger charge is 2.27. The van der Waals surface area contributed by atoms with Crippen LogP contribution in [-0.2, 0) is 4.79 Å². The Labute approximate surface area is 109 Å². The van der Waals surface area contributed by atoms with Gasteiger partial charge in [-0.15, -0.1) is 0 Å². The largest absolute Gasteiger partial charge is 0.495 e. The van der Waals surface area contributed by atoms with Gasteiger partial charge in [0.2, 0.25) is 0 Å². The van der Waals surface area contributed by atoms with Gasteiger partial charge in [-0.3, -0.25) is 4.79 Å². The maximum atomic E-state index is 11.0. The van der Waals surface area contributed by atoms with E-state index >= 15 is 0 Å². The average Bonchev–Trinajstić information content (AvgIpc) is 2.26. The highest BCUT2D eigenvalue weighted by Crippen LogP contribution is 2.29. The number of halogens is 1. The zero-order chi connectivity index (χ0) is 13.1. The maximum absolute atomic E-state index is 11.0. The van der Waals surface area contributed by atoms with Gasteiger partial charge in [0.25, 0.3) is 0 Å². The molecule has 17 heavy (non-hydrogen) atoms. The first kappa shape index (κ1) is 13.8. The smallest absolute Gasteiger partial charge is 0.310 e. The van der Waals surface area contributed by atoms with Crippen LogP contribution in [-0.4, -0.2) is 24.7 Å². The number of carboxylic acids is 1. The molecule has 0 unspecified atom stereocenters. The van der Waals surface area contributed by atoms with Crippen molar-refractivity contribution in [1.29, 1.82) is 0 Å². The van der Waals surface area contributed by atoms with E-state index in [0.717, 1.165) is 10.2 Å². The quantitative estimate of drug-likeness (QED) is 0.878. The second-order valence-corrected chi connectivity index (χ2v) is 5.30. The molecular weight excluding hydrogens is 286 g/mol. The minimum absolute atomic E-state index is 0.329. The third kappa shape index (κ3) is 3.63. The summed E-state index contributed by atoms with van der Waals surface area (Å²) >= 11 is 3.36. The lowest BCUT2D eigenvalue weighted by molar-refractivity contribution is -0.146. The molecule has 0 radical (unpaired) electrons. The molecule has 0 bridgehead atoms. The van der Waals surface area contributed by atoms with E-state index < -0.39 is 11.4 Å². The Morgan fingerprint density at radius 3 is 2.71 bits per heavy atom. The van der Waals surface area contributed by atoms with E-state index in [4.69, 9.17) is 9.84 Å². The van der Waals surface area contributed by atoms with Crippen LogP contribution in [0.25, 0.3) is 0 Å². The fourth-order valence-corrected chi connectivity index (χ4v) is 1.57. The molecule has 0 aliphatic carbocycles. The van der Waals surface area contributed by atoms with Crippen LogP contribution in [0.2, 0.25) is 0 Å². The van der Waals surface area contributed by atoms with Gasteiger partial charge in [-0.1, -0.05) is 15.9 Å². The lowest BCUT2D eigenvalue weighted by Crippen LogP contribution is -2.31. The number of carbonyl (C=O) groups is 1. The van der Waals surface area contributed by atoms with E-state index in [0.29, 0.717) is 12.3 Å². The SMILES string of the molecule is COc1ccc(Br)cc1NCC(C)(C)C(=O)O. The van der Waals surface area contributed by atoms with E-state index in [2.05, 4.69) is 21.2 Å². The second kappa shape index (κ2) is 5.40. The number of methoxy groups -OCH3 is 1. The van der Waals surface area contributed by atoms with Gasteiger partial charge in [-0.25, -0.2) is 0 Å². The summed E-state index contributed by atoms with van der Waals surface area (Å²) in [7, 11) is 1.58. The van der Waals surface area contributed by atoms with Gasteiger partial charge in [0.1, 0.15) is 5.75 Å². The Bertz CT molecular complexity index is 418. The molecule has 0 atom stereocenters. The van der Waals surface area contributed by atoms with Crippen molar-refractivity contribution in [1.82, 2.24) is 0 Å². The first-order valence-corrected chi connectivity index (χ1v) is 5.97. The molecule has 5 heteroatoms. The molecule has 0 aromatic heterocycles. The molecule has 1 aromatic rings. The van der Waals surface area contributed by atoms with Crippen LogP contribution in [0.4, 0.5) is 5.69 Å². The molecule has 0 heterocycles. The summed E-state index contributed by atoms with van der Waals surface area (Å²) in [6.45, 7) is 3.68. The summed E-state index contributed by atoms with van der Waals surface area (Å²) in [6.07, 6.45) is 0. The number of benzene rings is 1. The minimum Gasteiger partial charge on any atom is -0.495 e. The number of hydrogen-bond donors (Lipinski definition) is 2. The topological polar surface area (TPSA) is 58.6 Å². The van der Waals surface area contributed by atoms with Crippen molar-refractivity contribution in [3.05, 3.63) is 22.7 Å². The Hall–Kier alpha value is -1.23. The molecule has 94 valence electrons. The van der Waals surface area contributed by atoms with Crippen molar-refractivity contribution < 1.29 is 14.6 Å². The second-order valence-electron chi connectivity index (χ2n) is 4.39. The fraction of sp³-hybridized carbons (Fsp3) is 0.417. The summed E-state index contributed by atoms with van der Waals surface area (Å²) in [5.74, 6) is -0.145. The summed E-state index contributed by atoms with van der Waals surface area (Å²) in [5.41, 5.74) is -0.0518. The summed E-state index contributed by atoms with van der Waals surface area (Å²) in [4.78, 5) is 11.0. The molecule has 0 aliphatic heterocycles. The Kier molecular flexibility index (Phi) is 4.40. The van der Waals surface area contributed by atoms with Gasteiger partial charge in [-0.2, -0.15) is 0 Å². The predicted octanol–water partition coefficient (Wildman–Crippen LogP) is 2.98. The highest BCUT2D eigenvalue weighted by molar-refractivity contribution is 9.10. The first-order valence-electron chi connectivity index (χ1n) is 5.17. The van der Waals surface area contributed by atoms with Crippen LogP contribution in [0.1, 0.15) is 13.8 Å². The van der Waals surface area contributed by atoms with Crippen LogP contribution in [0.15, 0.2) is 22.7 Å². The van der Waals surface area contributed by atoms with E-state index in [1.165, 1.54) is 0 Å². The van der Waals surface area contributed by atoms with Crippen LogP contribution in [0.5, 0.6) is 5.75 Å². The van der Waals surface area contributed by atoms with E-state index in [1.807, 2.05) is 18.2 Å². The van der Waals surface area contributed by atoms with Gasteiger partial charge >= 0.3 is 5.97 Å². The van der Waals surface area contributed by atoms with Crippen LogP contribution in [0, 0.1) is 5.41 Å². The fourth-order valence-electron chi connectivity index (χ4n) is 1.21. The van der Waals surface area contributed by atoms with Gasteiger partial charge in [0, 0.05) is 11.0 Å². The zero-order valence-electron chi connectivity index (χ0n) is 10.1. The lowest BCUT2D eigenvalue weighted by Gasteiger charge is -2.21. The summed E-state index contributed by atoms with van der Waals surface area (Å²) in [5, 5.41) is 12.1. The van der Waals surface area contributed by atoms with E-state index in [-0.39, 0.29) is 0 Å². The van der Waals surface area contributed by atoms with Crippen molar-refractivity contribution in [2.75, 3.05) is 19.0 Å². The molecule has 0 fully saturated rings. The summed E-state index contributed by atoms with van der Waals surface area (Å²) in [6, 6.07) is 5.54. The molecule has 0 spiro atoms. The molecule has 0 aliphatic rings. The van der Waals surface area contributed by atoms with E-state index in [9.17, 15) is 4.79 Å². The molecule has 0 saturated heterocycles. The molecule has 1 aromatic carbocycles. The van der Waals surface area contributed by atoms with Gasteiger partial charge in [0.05, 0.1) is 18.2 Å². The predicted molar refractivity (Wildman–Crippen MR) is 70.6 cm³/mol. The summed E-state index contributed by atoms with van der Waals surface area (Å²) < 4.78 is 6.11. The molecule has 1 rings (SSSR count). The first-order chi connectivity index (χ1) is 7.86. The number of rotatable bonds is 5. The average molecular weight is 302 g/mol. The number of carboxylic acid groups (broad SMARTS) is 1. The van der Waals surface area contributed by atoms with Crippen LogP contribution in [0.3, 0.4) is 0 Å². The van der Waals surface area contributed by atoms with Crippen LogP contribution < -0.4 is 10.1 Å². The molecular formula is C12H16BrNO3. The molecule has 0 saturated carbocycles. The maximum Gasteiger partial charge on any atom is 0.310 e. The number of ether oxygens (including phenoxy) is 1. The molecule has 4 nitrogen and oxygen atoms in total. The zero-order valence-corrected chi connectivity index (χ0v) is 11.7. The Balaban J connectivity index is 2.81. The lowest BCUT2D eigenvalue weighted by atomic mass is 9.94. The third-order valence-corrected chi connectivity index (χ3v) is 2.95. The van der Waals surface area contributed by atoms with Gasteiger partial charge in [0.15, 0.2) is 0 Å². The molecule has 2 N–H and O–H groups in total. The van der Waals surface area contributed by atoms with Crippen LogP contribution >= 0.6 is 15.9 Å². The number of hydrogen-bond acceptors (Lipinski definition) is 3. The van der Waals surface area contributed by atoms with Crippen molar-refractivity contribution in [2.24, 2.45) is 5.41 Å². The van der Waals surface area contributed by atoms with Crippen molar-refractivity contribution in [3.63, 3.8) is 0 Å². The monoisotopic (exact) mass is 301 g/mol. The van der Waals surface area contributed by atoms with Crippen molar-refractivity contribution in [3.8, 4) is 5.75 Å². The minimum atomic E-state index is -0.834. The molecule has 0 amide bonds. The Morgan fingerprint density at radius 2 is 2.18 bits per heavy atom. The normalized spacial score (nSPS) is 11.1. The van der Waals surface area contributed by atoms with Gasteiger partial charge < -0.3 is 15.2 Å². The number of anilines is 1. The van der Waals surface area contributed by atoms with Crippen molar-refractivity contribution in [2.45, 2.75) is 13.8 Å². The van der Waals surface area contributed by atoms with Crippen molar-refractivity contribution >= 4 is 27.6 Å². The third-order valence-electron chi connectivity index (χ3n) is 2.46. The number of aliphatic carboxylic acids is 1.